The number of hydrogen-bond donors (Lipinski definition) is 1. The fourth-order valence-corrected chi connectivity index (χ4v) is 3.64. The molecule has 1 aromatic heterocycles. The van der Waals surface area contributed by atoms with E-state index in [0.717, 1.165) is 5.56 Å². The molecule has 4 rings (SSSR count). The third-order valence-electron chi connectivity index (χ3n) is 5.31. The average molecular weight is 413 g/mol. The summed E-state index contributed by atoms with van der Waals surface area (Å²) in [5.41, 5.74) is 3.12. The molecule has 0 saturated carbocycles. The Balaban J connectivity index is 1.57. The molecule has 0 bridgehead atoms. The molecule has 1 N–H and O–H groups in total. The minimum absolute atomic E-state index is 0.0234. The topological polar surface area (TPSA) is 71.4 Å². The second kappa shape index (κ2) is 8.44. The van der Waals surface area contributed by atoms with E-state index in [0.29, 0.717) is 27.5 Å². The molecule has 1 heterocycles. The van der Waals surface area contributed by atoms with Gasteiger partial charge in [-0.15, -0.1) is 0 Å². The summed E-state index contributed by atoms with van der Waals surface area (Å²) < 4.78 is 1.84. The van der Waals surface area contributed by atoms with Crippen LogP contribution in [0, 0.1) is 6.92 Å². The Hall–Kier alpha value is -3.93. The quantitative estimate of drug-likeness (QED) is 0.509. The van der Waals surface area contributed by atoms with Crippen molar-refractivity contribution in [1.29, 1.82) is 0 Å². The third kappa shape index (κ3) is 4.19. The number of benzene rings is 3. The molecule has 2 amide bonds. The first kappa shape index (κ1) is 20.3. The number of aryl methyl sites for hydroxylation is 1. The van der Waals surface area contributed by atoms with E-state index in [2.05, 4.69) is 5.32 Å². The summed E-state index contributed by atoms with van der Waals surface area (Å²) in [6, 6.07) is 22.0. The molecule has 0 aliphatic heterocycles. The predicted molar refractivity (Wildman–Crippen MR) is 123 cm³/mol. The maximum atomic E-state index is 13.0. The van der Waals surface area contributed by atoms with Crippen molar-refractivity contribution in [3.63, 3.8) is 0 Å². The largest absolute Gasteiger partial charge is 0.335 e. The Morgan fingerprint density at radius 2 is 1.42 bits per heavy atom. The highest BCUT2D eigenvalue weighted by Crippen LogP contribution is 2.19. The lowest BCUT2D eigenvalue weighted by Crippen LogP contribution is -2.37. The summed E-state index contributed by atoms with van der Waals surface area (Å²) in [4.78, 5) is 39.6. The SMILES string of the molecule is Cc1ccc(NC(=O)CN(C)C(=O)Cn2c3ccccc3c(=O)c3ccccc32)cc1. The Bertz CT molecular complexity index is 1280. The Morgan fingerprint density at radius 3 is 2.00 bits per heavy atom. The molecule has 0 unspecified atom stereocenters. The van der Waals surface area contributed by atoms with Crippen molar-refractivity contribution < 1.29 is 9.59 Å². The van der Waals surface area contributed by atoms with Crippen molar-refractivity contribution in [2.24, 2.45) is 0 Å². The van der Waals surface area contributed by atoms with E-state index in [1.807, 2.05) is 72.2 Å². The van der Waals surface area contributed by atoms with Gasteiger partial charge in [0, 0.05) is 23.5 Å². The van der Waals surface area contributed by atoms with E-state index in [1.54, 1.807) is 19.2 Å². The maximum Gasteiger partial charge on any atom is 0.243 e. The van der Waals surface area contributed by atoms with E-state index in [-0.39, 0.29) is 30.3 Å². The highest BCUT2D eigenvalue weighted by Gasteiger charge is 2.17. The van der Waals surface area contributed by atoms with Gasteiger partial charge in [0.25, 0.3) is 0 Å². The van der Waals surface area contributed by atoms with Crippen LogP contribution in [0.25, 0.3) is 21.8 Å². The number of nitrogens with one attached hydrogen (secondary N) is 1. The number of pyridine rings is 1. The van der Waals surface area contributed by atoms with Crippen LogP contribution in [0.3, 0.4) is 0 Å². The van der Waals surface area contributed by atoms with Crippen LogP contribution in [0.5, 0.6) is 0 Å². The average Bonchev–Trinajstić information content (AvgIpc) is 2.78. The zero-order chi connectivity index (χ0) is 22.0. The number of hydrogen-bond acceptors (Lipinski definition) is 3. The van der Waals surface area contributed by atoms with Crippen molar-refractivity contribution in [3.8, 4) is 0 Å². The van der Waals surface area contributed by atoms with E-state index < -0.39 is 0 Å². The smallest absolute Gasteiger partial charge is 0.243 e. The van der Waals surface area contributed by atoms with Gasteiger partial charge < -0.3 is 14.8 Å². The Morgan fingerprint density at radius 1 is 0.871 bits per heavy atom. The van der Waals surface area contributed by atoms with Gasteiger partial charge in [-0.2, -0.15) is 0 Å². The van der Waals surface area contributed by atoms with Gasteiger partial charge in [0.2, 0.25) is 11.8 Å². The number of anilines is 1. The van der Waals surface area contributed by atoms with Gasteiger partial charge in [0.15, 0.2) is 5.43 Å². The molecule has 156 valence electrons. The first-order chi connectivity index (χ1) is 14.9. The van der Waals surface area contributed by atoms with Gasteiger partial charge in [-0.1, -0.05) is 42.0 Å². The van der Waals surface area contributed by atoms with Crippen molar-refractivity contribution in [3.05, 3.63) is 88.6 Å². The van der Waals surface area contributed by atoms with Gasteiger partial charge in [0.1, 0.15) is 6.54 Å². The zero-order valence-electron chi connectivity index (χ0n) is 17.5. The second-order valence-corrected chi connectivity index (χ2v) is 7.61. The summed E-state index contributed by atoms with van der Waals surface area (Å²) in [6.45, 7) is 1.93. The van der Waals surface area contributed by atoms with Crippen molar-refractivity contribution in [2.45, 2.75) is 13.5 Å². The molecule has 4 aromatic rings. The number of likely N-dealkylation sites (N-methyl/N-ethyl adjacent to an activating group) is 1. The third-order valence-corrected chi connectivity index (χ3v) is 5.31. The minimum Gasteiger partial charge on any atom is -0.335 e. The molecular weight excluding hydrogens is 390 g/mol. The highest BCUT2D eigenvalue weighted by molar-refractivity contribution is 5.96. The van der Waals surface area contributed by atoms with Crippen molar-refractivity contribution >= 4 is 39.3 Å². The molecule has 3 aromatic carbocycles. The monoisotopic (exact) mass is 413 g/mol. The van der Waals surface area contributed by atoms with Gasteiger partial charge in [0.05, 0.1) is 17.6 Å². The molecular formula is C25H23N3O3. The number of aromatic nitrogens is 1. The van der Waals surface area contributed by atoms with Crippen LogP contribution in [0.1, 0.15) is 5.56 Å². The molecule has 6 heteroatoms. The molecule has 0 radical (unpaired) electrons. The molecule has 6 nitrogen and oxygen atoms in total. The first-order valence-corrected chi connectivity index (χ1v) is 10.0. The summed E-state index contributed by atoms with van der Waals surface area (Å²) in [6.07, 6.45) is 0. The molecule has 0 saturated heterocycles. The summed E-state index contributed by atoms with van der Waals surface area (Å²) in [5.74, 6) is -0.493. The molecule has 0 aliphatic rings. The number of carbonyl (C=O) groups is 2. The number of para-hydroxylation sites is 2. The summed E-state index contributed by atoms with van der Waals surface area (Å²) in [5, 5.41) is 3.93. The summed E-state index contributed by atoms with van der Waals surface area (Å²) >= 11 is 0. The van der Waals surface area contributed by atoms with E-state index in [4.69, 9.17) is 0 Å². The molecule has 0 atom stereocenters. The predicted octanol–water partition coefficient (Wildman–Crippen LogP) is 3.56. The zero-order valence-corrected chi connectivity index (χ0v) is 17.5. The van der Waals surface area contributed by atoms with Gasteiger partial charge in [-0.3, -0.25) is 14.4 Å². The molecule has 31 heavy (non-hydrogen) atoms. The van der Waals surface area contributed by atoms with Crippen molar-refractivity contribution in [1.82, 2.24) is 9.47 Å². The molecule has 0 fully saturated rings. The number of amides is 2. The van der Waals surface area contributed by atoms with E-state index in [1.165, 1.54) is 4.90 Å². The van der Waals surface area contributed by atoms with Crippen LogP contribution in [-0.2, 0) is 16.1 Å². The van der Waals surface area contributed by atoms with Gasteiger partial charge in [-0.25, -0.2) is 0 Å². The van der Waals surface area contributed by atoms with Gasteiger partial charge in [-0.05, 0) is 43.3 Å². The lowest BCUT2D eigenvalue weighted by Gasteiger charge is -2.20. The maximum absolute atomic E-state index is 13.0. The van der Waals surface area contributed by atoms with Gasteiger partial charge >= 0.3 is 0 Å². The van der Waals surface area contributed by atoms with E-state index >= 15 is 0 Å². The number of nitrogens with zero attached hydrogens (tertiary/aromatic N) is 2. The fraction of sp³-hybridized carbons (Fsp3) is 0.160. The number of rotatable bonds is 5. The standard InChI is InChI=1S/C25H23N3O3/c1-17-11-13-18(14-12-17)26-23(29)15-27(2)24(30)16-28-21-9-5-3-7-19(21)25(31)20-8-4-6-10-22(20)28/h3-14H,15-16H2,1-2H3,(H,26,29). The van der Waals surface area contributed by atoms with Crippen molar-refractivity contribution in [2.75, 3.05) is 18.9 Å². The first-order valence-electron chi connectivity index (χ1n) is 10.0. The Kier molecular flexibility index (Phi) is 5.54. The molecule has 0 aliphatic carbocycles. The number of carbonyl (C=O) groups excluding carboxylic acids is 2. The number of fused-ring (bicyclic) bond motifs is 2. The van der Waals surface area contributed by atoms with E-state index in [9.17, 15) is 14.4 Å². The van der Waals surface area contributed by atoms with Crippen LogP contribution >= 0.6 is 0 Å². The molecule has 0 spiro atoms. The lowest BCUT2D eigenvalue weighted by molar-refractivity contribution is -0.133. The lowest BCUT2D eigenvalue weighted by atomic mass is 10.1. The van der Waals surface area contributed by atoms with Crippen LogP contribution in [0.4, 0.5) is 5.69 Å². The van der Waals surface area contributed by atoms with Crippen LogP contribution < -0.4 is 10.7 Å². The fourth-order valence-electron chi connectivity index (χ4n) is 3.64. The highest BCUT2D eigenvalue weighted by atomic mass is 16.2. The minimum atomic E-state index is -0.269. The second-order valence-electron chi connectivity index (χ2n) is 7.61. The summed E-state index contributed by atoms with van der Waals surface area (Å²) in [7, 11) is 1.60. The van der Waals surface area contributed by atoms with Crippen LogP contribution in [0.15, 0.2) is 77.6 Å². The van der Waals surface area contributed by atoms with Crippen LogP contribution in [-0.4, -0.2) is 34.9 Å². The Labute approximate surface area is 179 Å². The normalized spacial score (nSPS) is 10.9. The van der Waals surface area contributed by atoms with Crippen LogP contribution in [0.2, 0.25) is 0 Å².